The smallest absolute Gasteiger partial charge is 0.139 e. The number of nitrogens with two attached hydrogens (primary N) is 1. The summed E-state index contributed by atoms with van der Waals surface area (Å²) in [5.41, 5.74) is 6.16. The molecule has 0 spiro atoms. The van der Waals surface area contributed by atoms with E-state index in [0.29, 0.717) is 6.17 Å². The summed E-state index contributed by atoms with van der Waals surface area (Å²) in [7, 11) is 4.54. The maximum atomic E-state index is 6.16. The summed E-state index contributed by atoms with van der Waals surface area (Å²) < 4.78 is 0.980. The molecule has 0 aliphatic carbocycles. The van der Waals surface area contributed by atoms with Crippen LogP contribution < -0.4 is 5.73 Å². The topological polar surface area (TPSA) is 26.0 Å². The van der Waals surface area contributed by atoms with Crippen molar-refractivity contribution in [1.82, 2.24) is 0 Å². The summed E-state index contributed by atoms with van der Waals surface area (Å²) in [6.07, 6.45) is 18.4. The van der Waals surface area contributed by atoms with Crippen LogP contribution in [0.1, 0.15) is 97.3 Å². The lowest BCUT2D eigenvalue weighted by atomic mass is 10.1. The van der Waals surface area contributed by atoms with Crippen molar-refractivity contribution >= 4 is 0 Å². The van der Waals surface area contributed by atoms with Crippen LogP contribution in [0.25, 0.3) is 0 Å². The molecular weight excluding hydrogens is 256 g/mol. The molecule has 0 aromatic rings. The molecule has 2 N–H and O–H groups in total. The summed E-state index contributed by atoms with van der Waals surface area (Å²) in [6.45, 7) is 5.70. The van der Waals surface area contributed by atoms with E-state index in [1.807, 2.05) is 0 Å². The molecule has 0 aliphatic rings. The maximum absolute atomic E-state index is 6.16. The number of nitrogens with zero attached hydrogens (tertiary/aromatic N) is 1. The van der Waals surface area contributed by atoms with Gasteiger partial charge in [0.25, 0.3) is 0 Å². The van der Waals surface area contributed by atoms with Gasteiger partial charge in [-0.3, -0.25) is 5.73 Å². The standard InChI is InChI=1S/C19H43N2/c1-5-7-8-9-10-11-12-13-14-15-16-17-18-21(3,4)19(20)6-2/h19H,5-18,20H2,1-4H3/q+1. The van der Waals surface area contributed by atoms with Gasteiger partial charge in [0.15, 0.2) is 0 Å². The van der Waals surface area contributed by atoms with Crippen LogP contribution in [0.5, 0.6) is 0 Å². The van der Waals surface area contributed by atoms with Crippen molar-refractivity contribution in [2.75, 3.05) is 20.6 Å². The van der Waals surface area contributed by atoms with Crippen LogP contribution in [0.2, 0.25) is 0 Å². The van der Waals surface area contributed by atoms with Crippen molar-refractivity contribution in [3.8, 4) is 0 Å². The molecule has 0 saturated carbocycles. The Hall–Kier alpha value is -0.0800. The molecule has 0 aromatic heterocycles. The zero-order valence-corrected chi connectivity index (χ0v) is 15.5. The summed E-state index contributed by atoms with van der Waals surface area (Å²) in [5.74, 6) is 0. The van der Waals surface area contributed by atoms with Crippen LogP contribution in [0, 0.1) is 0 Å². The highest BCUT2D eigenvalue weighted by atomic mass is 15.4. The van der Waals surface area contributed by atoms with Crippen molar-refractivity contribution in [2.45, 2.75) is 103 Å². The highest BCUT2D eigenvalue weighted by molar-refractivity contribution is 4.50. The molecule has 1 unspecified atom stereocenters. The van der Waals surface area contributed by atoms with Gasteiger partial charge < -0.3 is 4.48 Å². The fourth-order valence-electron chi connectivity index (χ4n) is 3.02. The van der Waals surface area contributed by atoms with Crippen molar-refractivity contribution in [3.05, 3.63) is 0 Å². The van der Waals surface area contributed by atoms with Gasteiger partial charge in [0.2, 0.25) is 0 Å². The molecule has 2 nitrogen and oxygen atoms in total. The van der Waals surface area contributed by atoms with Gasteiger partial charge >= 0.3 is 0 Å². The first-order valence-corrected chi connectivity index (χ1v) is 9.62. The van der Waals surface area contributed by atoms with Gasteiger partial charge in [0, 0.05) is 6.42 Å². The average molecular weight is 300 g/mol. The summed E-state index contributed by atoms with van der Waals surface area (Å²) in [5, 5.41) is 0. The Bertz CT molecular complexity index is 214. The van der Waals surface area contributed by atoms with Crippen molar-refractivity contribution < 1.29 is 4.48 Å². The van der Waals surface area contributed by atoms with Crippen LogP contribution in [0.3, 0.4) is 0 Å². The molecule has 0 aromatic carbocycles. The first kappa shape index (κ1) is 20.9. The van der Waals surface area contributed by atoms with E-state index in [-0.39, 0.29) is 0 Å². The maximum Gasteiger partial charge on any atom is 0.139 e. The van der Waals surface area contributed by atoms with Gasteiger partial charge in [0.05, 0.1) is 20.6 Å². The summed E-state index contributed by atoms with van der Waals surface area (Å²) in [6, 6.07) is 0. The van der Waals surface area contributed by atoms with Gasteiger partial charge in [-0.1, -0.05) is 78.1 Å². The lowest BCUT2D eigenvalue weighted by Crippen LogP contribution is -2.53. The molecule has 2 heteroatoms. The number of rotatable bonds is 15. The van der Waals surface area contributed by atoms with E-state index in [4.69, 9.17) is 5.73 Å². The van der Waals surface area contributed by atoms with Crippen LogP contribution in [0.4, 0.5) is 0 Å². The van der Waals surface area contributed by atoms with Gasteiger partial charge in [-0.15, -0.1) is 0 Å². The third kappa shape index (κ3) is 12.2. The van der Waals surface area contributed by atoms with Crippen LogP contribution in [0.15, 0.2) is 0 Å². The molecule has 0 fully saturated rings. The van der Waals surface area contributed by atoms with E-state index in [0.717, 1.165) is 10.9 Å². The molecule has 0 amide bonds. The molecular formula is C19H43N2+. The predicted octanol–water partition coefficient (Wildman–Crippen LogP) is 5.46. The first-order chi connectivity index (χ1) is 10.0. The zero-order valence-electron chi connectivity index (χ0n) is 15.5. The predicted molar refractivity (Wildman–Crippen MR) is 96.3 cm³/mol. The third-order valence-corrected chi connectivity index (χ3v) is 4.90. The van der Waals surface area contributed by atoms with E-state index in [2.05, 4.69) is 27.9 Å². The van der Waals surface area contributed by atoms with E-state index in [1.54, 1.807) is 0 Å². The molecule has 0 aliphatic heterocycles. The fourth-order valence-corrected chi connectivity index (χ4v) is 3.02. The van der Waals surface area contributed by atoms with E-state index in [9.17, 15) is 0 Å². The molecule has 21 heavy (non-hydrogen) atoms. The van der Waals surface area contributed by atoms with Crippen LogP contribution in [-0.4, -0.2) is 31.3 Å². The minimum Gasteiger partial charge on any atom is -0.314 e. The Kier molecular flexibility index (Phi) is 13.5. The second-order valence-electron chi connectivity index (χ2n) is 7.37. The molecule has 0 bridgehead atoms. The molecule has 128 valence electrons. The average Bonchev–Trinajstić information content (AvgIpc) is 2.47. The summed E-state index contributed by atoms with van der Waals surface area (Å²) in [4.78, 5) is 0. The Morgan fingerprint density at radius 2 is 1.05 bits per heavy atom. The van der Waals surface area contributed by atoms with Crippen LogP contribution in [-0.2, 0) is 0 Å². The highest BCUT2D eigenvalue weighted by Gasteiger charge is 2.21. The third-order valence-electron chi connectivity index (χ3n) is 4.90. The summed E-state index contributed by atoms with van der Waals surface area (Å²) >= 11 is 0. The van der Waals surface area contributed by atoms with Gasteiger partial charge in [-0.2, -0.15) is 0 Å². The number of unbranched alkanes of at least 4 members (excludes halogenated alkanes) is 11. The lowest BCUT2D eigenvalue weighted by Gasteiger charge is -2.35. The normalized spacial score (nSPS) is 13.6. The largest absolute Gasteiger partial charge is 0.314 e. The molecule has 0 rings (SSSR count). The second kappa shape index (κ2) is 13.6. The number of hydrogen-bond donors (Lipinski definition) is 1. The quantitative estimate of drug-likeness (QED) is 0.242. The Labute approximate surface area is 135 Å². The Balaban J connectivity index is 3.26. The number of quaternary nitrogens is 1. The second-order valence-corrected chi connectivity index (χ2v) is 7.37. The van der Waals surface area contributed by atoms with Gasteiger partial charge in [-0.25, -0.2) is 0 Å². The SMILES string of the molecule is CCCCCCCCCCCCCC[N+](C)(C)C(N)CC. The van der Waals surface area contributed by atoms with Crippen molar-refractivity contribution in [1.29, 1.82) is 0 Å². The first-order valence-electron chi connectivity index (χ1n) is 9.62. The van der Waals surface area contributed by atoms with Crippen molar-refractivity contribution in [3.63, 3.8) is 0 Å². The van der Waals surface area contributed by atoms with Gasteiger partial charge in [-0.05, 0) is 12.8 Å². The van der Waals surface area contributed by atoms with Gasteiger partial charge in [0.1, 0.15) is 6.17 Å². The lowest BCUT2D eigenvalue weighted by molar-refractivity contribution is -0.915. The highest BCUT2D eigenvalue weighted by Crippen LogP contribution is 2.13. The molecule has 1 atom stereocenters. The monoisotopic (exact) mass is 299 g/mol. The van der Waals surface area contributed by atoms with E-state index in [1.165, 1.54) is 83.6 Å². The minimum atomic E-state index is 0.303. The fraction of sp³-hybridized carbons (Fsp3) is 1.00. The Morgan fingerprint density at radius 1 is 0.667 bits per heavy atom. The zero-order chi connectivity index (χ0) is 16.0. The minimum absolute atomic E-state index is 0.303. The number of hydrogen-bond acceptors (Lipinski definition) is 1. The van der Waals surface area contributed by atoms with Crippen molar-refractivity contribution in [2.24, 2.45) is 5.73 Å². The molecule has 0 heterocycles. The Morgan fingerprint density at radius 3 is 1.43 bits per heavy atom. The molecule has 0 radical (unpaired) electrons. The van der Waals surface area contributed by atoms with E-state index >= 15 is 0 Å². The molecule has 0 saturated heterocycles. The van der Waals surface area contributed by atoms with Crippen LogP contribution >= 0.6 is 0 Å². The van der Waals surface area contributed by atoms with E-state index < -0.39 is 0 Å².